The van der Waals surface area contributed by atoms with Crippen LogP contribution in [-0.2, 0) is 12.8 Å². The molecule has 1 N–H and O–H groups in total. The van der Waals surface area contributed by atoms with Gasteiger partial charge in [0, 0.05) is 0 Å². The molecule has 1 heterocycles. The third kappa shape index (κ3) is 2.46. The molecule has 0 amide bonds. The van der Waals surface area contributed by atoms with E-state index < -0.39 is 0 Å². The summed E-state index contributed by atoms with van der Waals surface area (Å²) in [4.78, 5) is 0. The number of benzene rings is 1. The number of hydrogen-bond donors (Lipinski definition) is 1. The molecule has 0 aliphatic heterocycles. The molecule has 1 aromatic carbocycles. The minimum atomic E-state index is 0.906. The molecule has 4 nitrogen and oxygen atoms in total. The van der Waals surface area contributed by atoms with Crippen molar-refractivity contribution in [2.24, 2.45) is 0 Å². The van der Waals surface area contributed by atoms with Gasteiger partial charge in [0.25, 0.3) is 0 Å². The number of hydrogen-bond acceptors (Lipinski definition) is 3. The topological polar surface area (TPSA) is 50.8 Å². The van der Waals surface area contributed by atoms with E-state index in [0.29, 0.717) is 0 Å². The zero-order chi connectivity index (χ0) is 12.3. The summed E-state index contributed by atoms with van der Waals surface area (Å²) in [7, 11) is 1.71. The lowest BCUT2D eigenvalue weighted by Crippen LogP contribution is -1.98. The Labute approximate surface area is 101 Å². The monoisotopic (exact) mass is 231 g/mol. The van der Waals surface area contributed by atoms with Crippen LogP contribution in [0.2, 0.25) is 0 Å². The summed E-state index contributed by atoms with van der Waals surface area (Å²) in [5.74, 6) is 0.952. The van der Waals surface area contributed by atoms with Crippen LogP contribution < -0.4 is 4.74 Å². The van der Waals surface area contributed by atoms with Gasteiger partial charge in [-0.15, -0.1) is 0 Å². The van der Waals surface area contributed by atoms with Crippen molar-refractivity contribution in [3.63, 3.8) is 0 Å². The highest BCUT2D eigenvalue weighted by Gasteiger charge is 2.07. The Morgan fingerprint density at radius 3 is 2.65 bits per heavy atom. The number of rotatable bonds is 4. The predicted octanol–water partition coefficient (Wildman–Crippen LogP) is 2.22. The number of H-pyrrole nitrogens is 1. The molecule has 0 fully saturated rings. The van der Waals surface area contributed by atoms with Crippen LogP contribution in [-0.4, -0.2) is 22.5 Å². The molecule has 2 aromatic rings. The number of aromatic nitrogens is 3. The smallest absolute Gasteiger partial charge is 0.122 e. The highest BCUT2D eigenvalue weighted by atomic mass is 16.5. The summed E-state index contributed by atoms with van der Waals surface area (Å²) in [6.07, 6.45) is 3.65. The molecule has 0 spiro atoms. The summed E-state index contributed by atoms with van der Waals surface area (Å²) < 4.78 is 5.30. The van der Waals surface area contributed by atoms with Crippen molar-refractivity contribution in [1.29, 1.82) is 0 Å². The van der Waals surface area contributed by atoms with Gasteiger partial charge in [-0.25, -0.2) is 0 Å². The van der Waals surface area contributed by atoms with Crippen LogP contribution in [0.3, 0.4) is 0 Å². The summed E-state index contributed by atoms with van der Waals surface area (Å²) in [5, 5.41) is 10.5. The van der Waals surface area contributed by atoms with E-state index in [1.165, 1.54) is 16.7 Å². The van der Waals surface area contributed by atoms with Crippen LogP contribution in [0.4, 0.5) is 0 Å². The molecule has 0 atom stereocenters. The average Bonchev–Trinajstić information content (AvgIpc) is 2.84. The second-order valence-corrected chi connectivity index (χ2v) is 4.14. The zero-order valence-corrected chi connectivity index (χ0v) is 10.4. The minimum Gasteiger partial charge on any atom is -0.496 e. The standard InChI is InChI=1S/C13H17N3O/c1-9-10(2)13(17-3)7-5-11(9)4-6-12-8-14-16-15-12/h5,7-8H,4,6H2,1-3H3,(H,14,15,16). The predicted molar refractivity (Wildman–Crippen MR) is 66.3 cm³/mol. The third-order valence-corrected chi connectivity index (χ3v) is 3.18. The van der Waals surface area contributed by atoms with E-state index in [1.54, 1.807) is 13.3 Å². The Kier molecular flexibility index (Phi) is 3.42. The second-order valence-electron chi connectivity index (χ2n) is 4.14. The maximum absolute atomic E-state index is 5.30. The fourth-order valence-electron chi connectivity index (χ4n) is 1.95. The first-order chi connectivity index (χ1) is 8.22. The Morgan fingerprint density at radius 1 is 1.18 bits per heavy atom. The molecule has 0 aliphatic carbocycles. The Bertz CT molecular complexity index is 492. The van der Waals surface area contributed by atoms with Gasteiger partial charge in [-0.3, -0.25) is 0 Å². The molecular weight excluding hydrogens is 214 g/mol. The molecule has 0 aliphatic rings. The van der Waals surface area contributed by atoms with Gasteiger partial charge in [0.2, 0.25) is 0 Å². The molecule has 4 heteroatoms. The molecule has 0 unspecified atom stereocenters. The molecular formula is C13H17N3O. The van der Waals surface area contributed by atoms with Gasteiger partial charge in [0.15, 0.2) is 0 Å². The highest BCUT2D eigenvalue weighted by molar-refractivity contribution is 5.43. The zero-order valence-electron chi connectivity index (χ0n) is 10.4. The molecule has 17 heavy (non-hydrogen) atoms. The normalized spacial score (nSPS) is 10.5. The van der Waals surface area contributed by atoms with E-state index in [0.717, 1.165) is 24.3 Å². The van der Waals surface area contributed by atoms with Crippen molar-refractivity contribution < 1.29 is 4.74 Å². The lowest BCUT2D eigenvalue weighted by molar-refractivity contribution is 0.411. The van der Waals surface area contributed by atoms with Crippen molar-refractivity contribution in [3.8, 4) is 5.75 Å². The van der Waals surface area contributed by atoms with Gasteiger partial charge in [-0.2, -0.15) is 15.4 Å². The fraction of sp³-hybridized carbons (Fsp3) is 0.385. The van der Waals surface area contributed by atoms with Gasteiger partial charge in [-0.05, 0) is 49.4 Å². The fourth-order valence-corrected chi connectivity index (χ4v) is 1.95. The Hall–Kier alpha value is -1.84. The molecule has 0 saturated carbocycles. The lowest BCUT2D eigenvalue weighted by atomic mass is 9.98. The first-order valence-corrected chi connectivity index (χ1v) is 5.70. The van der Waals surface area contributed by atoms with Crippen LogP contribution in [0.1, 0.15) is 22.4 Å². The maximum atomic E-state index is 5.30. The Morgan fingerprint density at radius 2 is 2.00 bits per heavy atom. The number of nitrogens with one attached hydrogen (secondary N) is 1. The van der Waals surface area contributed by atoms with E-state index >= 15 is 0 Å². The summed E-state index contributed by atoms with van der Waals surface area (Å²) in [5.41, 5.74) is 4.85. The second kappa shape index (κ2) is 4.99. The molecule has 0 bridgehead atoms. The maximum Gasteiger partial charge on any atom is 0.122 e. The molecule has 1 aromatic heterocycles. The molecule has 0 radical (unpaired) electrons. The first-order valence-electron chi connectivity index (χ1n) is 5.70. The van der Waals surface area contributed by atoms with Crippen LogP contribution in [0.5, 0.6) is 5.75 Å². The van der Waals surface area contributed by atoms with Crippen molar-refractivity contribution in [3.05, 3.63) is 40.7 Å². The minimum absolute atomic E-state index is 0.906. The van der Waals surface area contributed by atoms with Crippen LogP contribution in [0.25, 0.3) is 0 Å². The number of aryl methyl sites for hydroxylation is 2. The van der Waals surface area contributed by atoms with Crippen molar-refractivity contribution in [2.75, 3.05) is 7.11 Å². The summed E-state index contributed by atoms with van der Waals surface area (Å²) in [6, 6.07) is 4.15. The van der Waals surface area contributed by atoms with Crippen LogP contribution >= 0.6 is 0 Å². The lowest BCUT2D eigenvalue weighted by Gasteiger charge is -2.11. The van der Waals surface area contributed by atoms with Crippen LogP contribution in [0.15, 0.2) is 18.3 Å². The first kappa shape index (κ1) is 11.6. The van der Waals surface area contributed by atoms with E-state index in [1.807, 2.05) is 6.07 Å². The van der Waals surface area contributed by atoms with Crippen molar-refractivity contribution in [1.82, 2.24) is 15.4 Å². The number of nitrogens with zero attached hydrogens (tertiary/aromatic N) is 2. The van der Waals surface area contributed by atoms with Gasteiger partial charge < -0.3 is 4.74 Å². The SMILES string of the molecule is COc1ccc(CCc2cn[nH]n2)c(C)c1C. The third-order valence-electron chi connectivity index (χ3n) is 3.18. The number of methoxy groups -OCH3 is 1. The van der Waals surface area contributed by atoms with Gasteiger partial charge in [0.1, 0.15) is 5.75 Å². The van der Waals surface area contributed by atoms with Crippen molar-refractivity contribution >= 4 is 0 Å². The number of aromatic amines is 1. The summed E-state index contributed by atoms with van der Waals surface area (Å²) in [6.45, 7) is 4.23. The van der Waals surface area contributed by atoms with Gasteiger partial charge >= 0.3 is 0 Å². The van der Waals surface area contributed by atoms with Crippen molar-refractivity contribution in [2.45, 2.75) is 26.7 Å². The van der Waals surface area contributed by atoms with Gasteiger partial charge in [-0.1, -0.05) is 6.07 Å². The quantitative estimate of drug-likeness (QED) is 0.877. The largest absolute Gasteiger partial charge is 0.496 e. The van der Waals surface area contributed by atoms with Gasteiger partial charge in [0.05, 0.1) is 19.0 Å². The van der Waals surface area contributed by atoms with E-state index in [4.69, 9.17) is 4.74 Å². The molecule has 90 valence electrons. The molecule has 2 rings (SSSR count). The summed E-state index contributed by atoms with van der Waals surface area (Å²) >= 11 is 0. The number of ether oxygens (including phenoxy) is 1. The average molecular weight is 231 g/mol. The van der Waals surface area contributed by atoms with E-state index in [9.17, 15) is 0 Å². The Balaban J connectivity index is 2.14. The van der Waals surface area contributed by atoms with E-state index in [2.05, 4.69) is 35.3 Å². The van der Waals surface area contributed by atoms with E-state index in [-0.39, 0.29) is 0 Å². The molecule has 0 saturated heterocycles. The van der Waals surface area contributed by atoms with Crippen LogP contribution in [0, 0.1) is 13.8 Å². The highest BCUT2D eigenvalue weighted by Crippen LogP contribution is 2.24.